The molecule has 0 radical (unpaired) electrons. The SMILES string of the molecule is [2H]C([2H])([2H])c1ccc2c(c1)c1c(n2CCc2ccc(C([2H])([2H])[2H])nc2)CCN(C([2H])([2H])[2H])C1. The first kappa shape index (κ1) is 8.30. The Balaban J connectivity index is 1.71. The van der Waals surface area contributed by atoms with Crippen molar-refractivity contribution in [3.8, 4) is 0 Å². The molecule has 0 bridgehead atoms. The molecule has 124 valence electrons. The summed E-state index contributed by atoms with van der Waals surface area (Å²) >= 11 is 0. The molecule has 0 saturated carbocycles. The Morgan fingerprint density at radius 1 is 1.21 bits per heavy atom. The number of nitrogens with zero attached hydrogens (tertiary/aromatic N) is 3. The van der Waals surface area contributed by atoms with Crippen molar-refractivity contribution in [3.05, 3.63) is 64.6 Å². The van der Waals surface area contributed by atoms with Crippen molar-refractivity contribution in [1.29, 1.82) is 0 Å². The monoisotopic (exact) mass is 328 g/mol. The Labute approximate surface area is 156 Å². The zero-order valence-electron chi connectivity index (χ0n) is 22.3. The van der Waals surface area contributed by atoms with Crippen LogP contribution in [0.5, 0.6) is 0 Å². The quantitative estimate of drug-likeness (QED) is 0.727. The molecule has 0 spiro atoms. The number of rotatable bonds is 3. The summed E-state index contributed by atoms with van der Waals surface area (Å²) in [6, 6.07) is 8.34. The molecule has 3 nitrogen and oxygen atoms in total. The first-order valence-corrected chi connectivity index (χ1v) is 8.10. The summed E-state index contributed by atoms with van der Waals surface area (Å²) in [7, 11) is 0. The molecule has 0 fully saturated rings. The Hall–Kier alpha value is -2.13. The van der Waals surface area contributed by atoms with Crippen molar-refractivity contribution >= 4 is 10.9 Å². The van der Waals surface area contributed by atoms with Gasteiger partial charge in [0.05, 0.1) is 0 Å². The van der Waals surface area contributed by atoms with Gasteiger partial charge < -0.3 is 9.47 Å². The molecule has 1 aromatic carbocycles. The fraction of sp³-hybridized carbons (Fsp3) is 0.381. The number of aromatic nitrogens is 2. The average Bonchev–Trinajstić information content (AvgIpc) is 3.03. The molecule has 3 heterocycles. The van der Waals surface area contributed by atoms with Crippen LogP contribution in [0.2, 0.25) is 0 Å². The average molecular weight is 329 g/mol. The fourth-order valence-corrected chi connectivity index (χ4v) is 3.52. The normalized spacial score (nSPS) is 22.1. The van der Waals surface area contributed by atoms with Crippen LogP contribution in [0.1, 0.15) is 40.4 Å². The highest BCUT2D eigenvalue weighted by atomic mass is 15.1. The number of fused-ring (bicyclic) bond motifs is 3. The van der Waals surface area contributed by atoms with E-state index in [9.17, 15) is 0 Å². The summed E-state index contributed by atoms with van der Waals surface area (Å²) in [5, 5.41) is 0.767. The molecule has 2 aromatic heterocycles. The maximum Gasteiger partial charge on any atom is 0.0486 e. The third-order valence-electron chi connectivity index (χ3n) is 4.70. The van der Waals surface area contributed by atoms with Gasteiger partial charge in [-0.25, -0.2) is 0 Å². The highest BCUT2D eigenvalue weighted by molar-refractivity contribution is 5.86. The minimum Gasteiger partial charge on any atom is -0.344 e. The van der Waals surface area contributed by atoms with E-state index in [-0.39, 0.29) is 17.8 Å². The summed E-state index contributed by atoms with van der Waals surface area (Å²) in [5.41, 5.74) is 3.90. The first-order valence-electron chi connectivity index (χ1n) is 12.6. The van der Waals surface area contributed by atoms with Crippen LogP contribution in [-0.2, 0) is 25.9 Å². The Morgan fingerprint density at radius 2 is 2.21 bits per heavy atom. The van der Waals surface area contributed by atoms with Crippen LogP contribution in [0.25, 0.3) is 10.9 Å². The van der Waals surface area contributed by atoms with E-state index >= 15 is 0 Å². The van der Waals surface area contributed by atoms with Crippen molar-refractivity contribution in [2.75, 3.05) is 13.5 Å². The molecule has 3 heteroatoms. The fourth-order valence-electron chi connectivity index (χ4n) is 3.52. The highest BCUT2D eigenvalue weighted by Gasteiger charge is 2.22. The lowest BCUT2D eigenvalue weighted by Crippen LogP contribution is -2.27. The Morgan fingerprint density at radius 3 is 3.00 bits per heavy atom. The van der Waals surface area contributed by atoms with Gasteiger partial charge in [-0.3, -0.25) is 4.98 Å². The van der Waals surface area contributed by atoms with Gasteiger partial charge in [-0.05, 0) is 56.4 Å². The van der Waals surface area contributed by atoms with Crippen LogP contribution < -0.4 is 0 Å². The Bertz CT molecular complexity index is 1160. The van der Waals surface area contributed by atoms with Gasteiger partial charge in [0, 0.05) is 66.9 Å². The van der Waals surface area contributed by atoms with E-state index in [1.807, 2.05) is 0 Å². The zero-order valence-corrected chi connectivity index (χ0v) is 13.3. The van der Waals surface area contributed by atoms with Crippen LogP contribution in [0.15, 0.2) is 36.5 Å². The van der Waals surface area contributed by atoms with Gasteiger partial charge in [0.2, 0.25) is 0 Å². The molecule has 0 unspecified atom stereocenters. The van der Waals surface area contributed by atoms with E-state index < -0.39 is 20.7 Å². The van der Waals surface area contributed by atoms with Crippen LogP contribution in [0, 0.1) is 13.7 Å². The summed E-state index contributed by atoms with van der Waals surface area (Å²) in [6.07, 6.45) is 2.72. The smallest absolute Gasteiger partial charge is 0.0486 e. The second-order valence-corrected chi connectivity index (χ2v) is 6.28. The molecule has 1 aliphatic heterocycles. The molecule has 24 heavy (non-hydrogen) atoms. The van der Waals surface area contributed by atoms with Gasteiger partial charge in [0.25, 0.3) is 0 Å². The van der Waals surface area contributed by atoms with Crippen molar-refractivity contribution in [3.63, 3.8) is 0 Å². The summed E-state index contributed by atoms with van der Waals surface area (Å²) < 4.78 is 71.2. The molecule has 3 aromatic rings. The van der Waals surface area contributed by atoms with E-state index in [1.54, 1.807) is 30.5 Å². The molecular weight excluding hydrogens is 294 g/mol. The van der Waals surface area contributed by atoms with E-state index in [4.69, 9.17) is 12.3 Å². The third kappa shape index (κ3) is 2.73. The van der Waals surface area contributed by atoms with Crippen molar-refractivity contribution in [2.24, 2.45) is 0 Å². The van der Waals surface area contributed by atoms with Gasteiger partial charge in [0.1, 0.15) is 0 Å². The molecule has 0 amide bonds. The predicted octanol–water partition coefficient (Wildman–Crippen LogP) is 3.88. The minimum atomic E-state index is -2.25. The van der Waals surface area contributed by atoms with Crippen LogP contribution in [0.3, 0.4) is 0 Å². The lowest BCUT2D eigenvalue weighted by molar-refractivity contribution is 0.309. The van der Waals surface area contributed by atoms with Crippen molar-refractivity contribution < 1.29 is 12.3 Å². The topological polar surface area (TPSA) is 21.1 Å². The van der Waals surface area contributed by atoms with E-state index in [0.29, 0.717) is 25.9 Å². The number of hydrogen-bond acceptors (Lipinski definition) is 2. The minimum absolute atomic E-state index is 0.0528. The largest absolute Gasteiger partial charge is 0.344 e. The highest BCUT2D eigenvalue weighted by Crippen LogP contribution is 2.31. The molecule has 1 aliphatic rings. The zero-order chi connectivity index (χ0) is 24.2. The molecular formula is C21H25N3. The standard InChI is InChI=1S/C21H25N3/c1-15-4-7-20-18(12-15)19-14-23(3)10-9-21(19)24(20)11-8-17-6-5-16(2)22-13-17/h4-7,12-13H,8-11,14H2,1-3H3/i1D3,2D3,3D3. The van der Waals surface area contributed by atoms with Crippen LogP contribution in [-0.4, -0.2) is 28.0 Å². The van der Waals surface area contributed by atoms with Gasteiger partial charge in [-0.1, -0.05) is 17.7 Å². The van der Waals surface area contributed by atoms with Crippen molar-refractivity contribution in [1.82, 2.24) is 14.5 Å². The summed E-state index contributed by atoms with van der Waals surface area (Å²) in [5.74, 6) is 0. The Kier molecular flexibility index (Phi) is 2.10. The first-order chi connectivity index (χ1) is 15.2. The number of likely N-dealkylation sites (N-methyl/N-ethyl adjacent to an activating group) is 1. The predicted molar refractivity (Wildman–Crippen MR) is 99.4 cm³/mol. The van der Waals surface area contributed by atoms with Gasteiger partial charge in [0.15, 0.2) is 0 Å². The van der Waals surface area contributed by atoms with Crippen molar-refractivity contribution in [2.45, 2.75) is 39.6 Å². The lowest BCUT2D eigenvalue weighted by atomic mass is 10.0. The molecule has 0 aliphatic carbocycles. The van der Waals surface area contributed by atoms with Crippen LogP contribution in [0.4, 0.5) is 0 Å². The second kappa shape index (κ2) is 6.06. The lowest BCUT2D eigenvalue weighted by Gasteiger charge is -2.24. The number of hydrogen-bond donors (Lipinski definition) is 0. The molecule has 0 saturated heterocycles. The number of benzene rings is 1. The second-order valence-electron chi connectivity index (χ2n) is 6.28. The van der Waals surface area contributed by atoms with Gasteiger partial charge >= 0.3 is 0 Å². The van der Waals surface area contributed by atoms with Gasteiger partial charge in [-0.2, -0.15) is 0 Å². The van der Waals surface area contributed by atoms with Gasteiger partial charge in [-0.15, -0.1) is 0 Å². The summed E-state index contributed by atoms with van der Waals surface area (Å²) in [4.78, 5) is 5.51. The third-order valence-corrected chi connectivity index (χ3v) is 4.70. The summed E-state index contributed by atoms with van der Waals surface area (Å²) in [6.45, 7) is -5.51. The maximum absolute atomic E-state index is 7.79. The maximum atomic E-state index is 7.79. The van der Waals surface area contributed by atoms with E-state index in [0.717, 1.165) is 27.7 Å². The van der Waals surface area contributed by atoms with E-state index in [2.05, 4.69) is 9.55 Å². The molecule has 4 rings (SSSR count). The molecule has 0 atom stereocenters. The van der Waals surface area contributed by atoms with Crippen LogP contribution >= 0.6 is 0 Å². The molecule has 0 N–H and O–H groups in total. The number of aryl methyl sites for hydroxylation is 4. The number of pyridine rings is 1. The van der Waals surface area contributed by atoms with E-state index in [1.165, 1.54) is 11.0 Å².